The monoisotopic (exact) mass is 353 g/mol. The van der Waals surface area contributed by atoms with Crippen molar-refractivity contribution in [1.82, 2.24) is 4.57 Å². The SMILES string of the molecule is CCn1c2ccccc2c2cc(C=NN3c4ccccc4CC3C)ccc21. The van der Waals surface area contributed by atoms with Gasteiger partial charge in [0.1, 0.15) is 0 Å². The summed E-state index contributed by atoms with van der Waals surface area (Å²) in [6.45, 7) is 5.41. The van der Waals surface area contributed by atoms with E-state index in [-0.39, 0.29) is 0 Å². The van der Waals surface area contributed by atoms with Crippen molar-refractivity contribution in [3.8, 4) is 0 Å². The van der Waals surface area contributed by atoms with Crippen molar-refractivity contribution in [2.45, 2.75) is 32.9 Å². The second-order valence-electron chi connectivity index (χ2n) is 7.31. The van der Waals surface area contributed by atoms with E-state index >= 15 is 0 Å². The van der Waals surface area contributed by atoms with Gasteiger partial charge in [-0.2, -0.15) is 5.10 Å². The first kappa shape index (κ1) is 16.1. The van der Waals surface area contributed by atoms with Crippen molar-refractivity contribution in [1.29, 1.82) is 0 Å². The average Bonchev–Trinajstić information content (AvgIpc) is 3.19. The van der Waals surface area contributed by atoms with Crippen molar-refractivity contribution in [2.24, 2.45) is 5.10 Å². The van der Waals surface area contributed by atoms with E-state index in [9.17, 15) is 0 Å². The van der Waals surface area contributed by atoms with E-state index in [1.54, 1.807) is 0 Å². The molecular weight excluding hydrogens is 330 g/mol. The van der Waals surface area contributed by atoms with E-state index in [0.717, 1.165) is 18.5 Å². The maximum Gasteiger partial charge on any atom is 0.0629 e. The molecule has 4 aromatic rings. The Kier molecular flexibility index (Phi) is 3.75. The smallest absolute Gasteiger partial charge is 0.0629 e. The zero-order valence-corrected chi connectivity index (χ0v) is 15.8. The van der Waals surface area contributed by atoms with E-state index < -0.39 is 0 Å². The fourth-order valence-corrected chi connectivity index (χ4v) is 4.35. The molecule has 1 aliphatic heterocycles. The molecule has 1 aliphatic rings. The third kappa shape index (κ3) is 2.54. The Morgan fingerprint density at radius 2 is 1.74 bits per heavy atom. The van der Waals surface area contributed by atoms with E-state index in [4.69, 9.17) is 5.10 Å². The first-order chi connectivity index (χ1) is 13.3. The Hall–Kier alpha value is -3.07. The summed E-state index contributed by atoms with van der Waals surface area (Å²) in [6.07, 6.45) is 3.05. The number of rotatable bonds is 3. The molecule has 2 heterocycles. The maximum atomic E-state index is 4.83. The third-order valence-electron chi connectivity index (χ3n) is 5.62. The largest absolute Gasteiger partial charge is 0.341 e. The zero-order chi connectivity index (χ0) is 18.4. The summed E-state index contributed by atoms with van der Waals surface area (Å²) in [5.41, 5.74) is 6.33. The molecule has 0 saturated carbocycles. The van der Waals surface area contributed by atoms with E-state index in [0.29, 0.717) is 6.04 Å². The van der Waals surface area contributed by atoms with Crippen LogP contribution < -0.4 is 5.01 Å². The van der Waals surface area contributed by atoms with Crippen molar-refractivity contribution < 1.29 is 0 Å². The van der Waals surface area contributed by atoms with Crippen LogP contribution in [0.5, 0.6) is 0 Å². The number of para-hydroxylation sites is 2. The molecular formula is C24H23N3. The van der Waals surface area contributed by atoms with E-state index in [1.807, 2.05) is 6.21 Å². The van der Waals surface area contributed by atoms with Crippen LogP contribution >= 0.6 is 0 Å². The van der Waals surface area contributed by atoms with Crippen LogP contribution in [0.15, 0.2) is 71.8 Å². The van der Waals surface area contributed by atoms with E-state index in [1.165, 1.54) is 33.1 Å². The molecule has 0 saturated heterocycles. The van der Waals surface area contributed by atoms with Gasteiger partial charge in [0.05, 0.1) is 17.9 Å². The quantitative estimate of drug-likeness (QED) is 0.439. The molecule has 1 aromatic heterocycles. The van der Waals surface area contributed by atoms with Crippen molar-refractivity contribution in [2.75, 3.05) is 5.01 Å². The van der Waals surface area contributed by atoms with Gasteiger partial charge in [0.25, 0.3) is 0 Å². The molecule has 0 bridgehead atoms. The van der Waals surface area contributed by atoms with Crippen molar-refractivity contribution in [3.05, 3.63) is 77.9 Å². The Morgan fingerprint density at radius 1 is 0.963 bits per heavy atom. The van der Waals surface area contributed by atoms with Crippen LogP contribution in [0.3, 0.4) is 0 Å². The Morgan fingerprint density at radius 3 is 2.63 bits per heavy atom. The molecule has 0 spiro atoms. The lowest BCUT2D eigenvalue weighted by atomic mass is 10.1. The van der Waals surface area contributed by atoms with Crippen LogP contribution in [-0.4, -0.2) is 16.8 Å². The topological polar surface area (TPSA) is 20.5 Å². The number of anilines is 1. The van der Waals surface area contributed by atoms with Gasteiger partial charge in [0.15, 0.2) is 0 Å². The molecule has 0 aliphatic carbocycles. The van der Waals surface area contributed by atoms with Gasteiger partial charge in [0, 0.05) is 28.4 Å². The first-order valence-corrected chi connectivity index (χ1v) is 9.68. The summed E-state index contributed by atoms with van der Waals surface area (Å²) in [5, 5.41) is 9.59. The predicted molar refractivity (Wildman–Crippen MR) is 115 cm³/mol. The van der Waals surface area contributed by atoms with Gasteiger partial charge < -0.3 is 4.57 Å². The summed E-state index contributed by atoms with van der Waals surface area (Å²) in [5.74, 6) is 0. The molecule has 3 nitrogen and oxygen atoms in total. The van der Waals surface area contributed by atoms with Gasteiger partial charge in [-0.25, -0.2) is 0 Å². The van der Waals surface area contributed by atoms with Crippen LogP contribution in [0.2, 0.25) is 0 Å². The van der Waals surface area contributed by atoms with Crippen LogP contribution in [0.1, 0.15) is 25.0 Å². The third-order valence-corrected chi connectivity index (χ3v) is 5.62. The molecule has 1 atom stereocenters. The molecule has 3 heteroatoms. The van der Waals surface area contributed by atoms with Crippen molar-refractivity contribution >= 4 is 33.7 Å². The number of aryl methyl sites for hydroxylation is 1. The van der Waals surface area contributed by atoms with Crippen LogP contribution in [-0.2, 0) is 13.0 Å². The molecule has 0 N–H and O–H groups in total. The molecule has 3 aromatic carbocycles. The number of hydrazone groups is 1. The fraction of sp³-hybridized carbons (Fsp3) is 0.208. The van der Waals surface area contributed by atoms with Gasteiger partial charge in [-0.1, -0.05) is 42.5 Å². The summed E-state index contributed by atoms with van der Waals surface area (Å²) in [6, 6.07) is 24.3. The minimum atomic E-state index is 0.393. The summed E-state index contributed by atoms with van der Waals surface area (Å²) in [4.78, 5) is 0. The minimum absolute atomic E-state index is 0.393. The van der Waals surface area contributed by atoms with E-state index in [2.05, 4.69) is 90.2 Å². The zero-order valence-electron chi connectivity index (χ0n) is 15.8. The van der Waals surface area contributed by atoms with Gasteiger partial charge in [-0.15, -0.1) is 0 Å². The second-order valence-corrected chi connectivity index (χ2v) is 7.31. The predicted octanol–water partition coefficient (Wildman–Crippen LogP) is 5.60. The summed E-state index contributed by atoms with van der Waals surface area (Å²) < 4.78 is 2.38. The normalized spacial score (nSPS) is 16.7. The Bertz CT molecular complexity index is 1170. The lowest BCUT2D eigenvalue weighted by Gasteiger charge is -2.18. The van der Waals surface area contributed by atoms with Gasteiger partial charge in [-0.05, 0) is 55.7 Å². The molecule has 0 radical (unpaired) electrons. The highest BCUT2D eigenvalue weighted by Gasteiger charge is 2.24. The fourth-order valence-electron chi connectivity index (χ4n) is 4.35. The number of aromatic nitrogens is 1. The lowest BCUT2D eigenvalue weighted by Crippen LogP contribution is -2.23. The standard InChI is InChI=1S/C24H23N3/c1-3-26-23-11-7-5-9-20(23)21-15-18(12-13-24(21)26)16-25-27-17(2)14-19-8-4-6-10-22(19)27/h4-13,15-17H,3,14H2,1-2H3. The highest BCUT2D eigenvalue weighted by Crippen LogP contribution is 2.32. The molecule has 0 fully saturated rings. The van der Waals surface area contributed by atoms with Gasteiger partial charge in [-0.3, -0.25) is 5.01 Å². The summed E-state index contributed by atoms with van der Waals surface area (Å²) >= 11 is 0. The molecule has 27 heavy (non-hydrogen) atoms. The second kappa shape index (κ2) is 6.27. The van der Waals surface area contributed by atoms with Crippen LogP contribution in [0, 0.1) is 0 Å². The highest BCUT2D eigenvalue weighted by atomic mass is 15.5. The number of fused-ring (bicyclic) bond motifs is 4. The summed E-state index contributed by atoms with van der Waals surface area (Å²) in [7, 11) is 0. The Labute approximate surface area is 159 Å². The maximum absolute atomic E-state index is 4.83. The number of hydrogen-bond acceptors (Lipinski definition) is 2. The molecule has 134 valence electrons. The lowest BCUT2D eigenvalue weighted by molar-refractivity contribution is 0.700. The van der Waals surface area contributed by atoms with Gasteiger partial charge in [0.2, 0.25) is 0 Å². The molecule has 0 amide bonds. The minimum Gasteiger partial charge on any atom is -0.341 e. The Balaban J connectivity index is 1.57. The van der Waals surface area contributed by atoms with Crippen LogP contribution in [0.25, 0.3) is 21.8 Å². The number of nitrogens with zero attached hydrogens (tertiary/aromatic N) is 3. The van der Waals surface area contributed by atoms with Gasteiger partial charge >= 0.3 is 0 Å². The molecule has 1 unspecified atom stereocenters. The van der Waals surface area contributed by atoms with Crippen LogP contribution in [0.4, 0.5) is 5.69 Å². The first-order valence-electron chi connectivity index (χ1n) is 9.68. The highest BCUT2D eigenvalue weighted by molar-refractivity contribution is 6.09. The van der Waals surface area contributed by atoms with Crippen molar-refractivity contribution in [3.63, 3.8) is 0 Å². The molecule has 5 rings (SSSR count). The number of benzene rings is 3. The number of hydrogen-bond donors (Lipinski definition) is 0. The average molecular weight is 353 g/mol.